The fourth-order valence-electron chi connectivity index (χ4n) is 4.15. The molecule has 0 radical (unpaired) electrons. The van der Waals surface area contributed by atoms with Gasteiger partial charge in [0.15, 0.2) is 5.76 Å². The number of benzene rings is 2. The summed E-state index contributed by atoms with van der Waals surface area (Å²) in [5, 5.41) is 16.4. The number of aliphatic hydroxyl groups is 1. The first-order chi connectivity index (χ1) is 18.9. The van der Waals surface area contributed by atoms with Crippen LogP contribution in [-0.2, 0) is 30.8 Å². The number of nitrogens with one attached hydrogen (secondary N) is 1. The summed E-state index contributed by atoms with van der Waals surface area (Å²) in [6.45, 7) is -0.0708. The van der Waals surface area contributed by atoms with Gasteiger partial charge in [0.2, 0.25) is 16.3 Å². The highest BCUT2D eigenvalue weighted by Gasteiger charge is 2.30. The van der Waals surface area contributed by atoms with Gasteiger partial charge in [-0.3, -0.25) is 4.79 Å². The maximum absolute atomic E-state index is 13.2. The third-order valence-electron chi connectivity index (χ3n) is 6.24. The van der Waals surface area contributed by atoms with Gasteiger partial charge in [-0.25, -0.2) is 8.42 Å². The minimum absolute atomic E-state index is 0.00283. The first-order valence-electron chi connectivity index (χ1n) is 12.5. The van der Waals surface area contributed by atoms with Gasteiger partial charge in [0, 0.05) is 32.0 Å². The number of hydrogen-bond acceptors (Lipinski definition) is 8. The normalized spacial score (nSPS) is 17.4. The van der Waals surface area contributed by atoms with Crippen LogP contribution in [0.4, 0.5) is 0 Å². The highest BCUT2D eigenvalue weighted by atomic mass is 32.2. The van der Waals surface area contributed by atoms with E-state index in [9.17, 15) is 18.3 Å². The van der Waals surface area contributed by atoms with Crippen LogP contribution in [0.3, 0.4) is 0 Å². The molecule has 4 rings (SSSR count). The van der Waals surface area contributed by atoms with Crippen LogP contribution < -0.4 is 10.1 Å². The second-order valence-corrected chi connectivity index (χ2v) is 11.5. The molecule has 1 aliphatic rings. The topological polar surface area (TPSA) is 114 Å². The number of nitrogens with zero attached hydrogens (tertiary/aromatic N) is 1. The number of sulfonamides is 1. The molecule has 1 amide bonds. The SMILES string of the molecule is COc1ccc(S(=O)(=O)N(CCO)CCOC2CC(c3ccsc3)C=C(C(=O)NCc3ccccc3)O2)cc1. The van der Waals surface area contributed by atoms with Crippen LogP contribution in [0.2, 0.25) is 0 Å². The predicted octanol–water partition coefficient (Wildman–Crippen LogP) is 3.49. The Kier molecular flexibility index (Phi) is 10.1. The molecule has 1 aromatic heterocycles. The van der Waals surface area contributed by atoms with Crippen LogP contribution in [0, 0.1) is 0 Å². The molecule has 0 saturated heterocycles. The van der Waals surface area contributed by atoms with Gasteiger partial charge in [0.1, 0.15) is 5.75 Å². The molecular formula is C28H32N2O7S2. The zero-order valence-corrected chi connectivity index (χ0v) is 23.2. The fourth-order valence-corrected chi connectivity index (χ4v) is 6.29. The number of aliphatic hydroxyl groups excluding tert-OH is 1. The molecule has 11 heteroatoms. The van der Waals surface area contributed by atoms with Crippen LogP contribution >= 0.6 is 11.3 Å². The number of hydrogen-bond donors (Lipinski definition) is 2. The van der Waals surface area contributed by atoms with Crippen LogP contribution in [0.1, 0.15) is 23.5 Å². The Morgan fingerprint density at radius 2 is 1.90 bits per heavy atom. The zero-order valence-electron chi connectivity index (χ0n) is 21.6. The van der Waals surface area contributed by atoms with E-state index in [2.05, 4.69) is 5.32 Å². The quantitative estimate of drug-likeness (QED) is 0.322. The smallest absolute Gasteiger partial charge is 0.286 e. The molecule has 0 saturated carbocycles. The lowest BCUT2D eigenvalue weighted by molar-refractivity contribution is -0.146. The standard InChI is InChI=1S/C28H32N2O7S2/c1-35-24-7-9-25(10-8-24)39(33,34)30(12-14-31)13-15-36-27-18-23(22-11-16-38-20-22)17-26(37-27)28(32)29-19-21-5-3-2-4-6-21/h2-11,16-17,20,23,27,31H,12-15,18-19H2,1H3,(H,29,32). The highest BCUT2D eigenvalue weighted by Crippen LogP contribution is 2.32. The minimum Gasteiger partial charge on any atom is -0.497 e. The van der Waals surface area contributed by atoms with Crippen molar-refractivity contribution in [3.63, 3.8) is 0 Å². The summed E-state index contributed by atoms with van der Waals surface area (Å²) < 4.78 is 44.5. The number of carbonyl (C=O) groups excluding carboxylic acids is 1. The molecule has 2 atom stereocenters. The van der Waals surface area contributed by atoms with Crippen molar-refractivity contribution in [3.8, 4) is 5.75 Å². The summed E-state index contributed by atoms with van der Waals surface area (Å²) in [6, 6.07) is 17.6. The monoisotopic (exact) mass is 572 g/mol. The van der Waals surface area contributed by atoms with E-state index in [1.165, 1.54) is 19.2 Å². The number of methoxy groups -OCH3 is 1. The number of allylic oxidation sites excluding steroid dienone is 1. The van der Waals surface area contributed by atoms with Gasteiger partial charge in [0.05, 0.1) is 25.2 Å². The molecule has 2 N–H and O–H groups in total. The van der Waals surface area contributed by atoms with Crippen molar-refractivity contribution in [2.75, 3.05) is 33.4 Å². The molecule has 1 aliphatic heterocycles. The Balaban J connectivity index is 1.41. The molecule has 2 unspecified atom stereocenters. The Bertz CT molecular complexity index is 1330. The fraction of sp³-hybridized carbons (Fsp3) is 0.321. The average Bonchev–Trinajstić information content (AvgIpc) is 3.51. The Labute approximate surface area is 232 Å². The van der Waals surface area contributed by atoms with Crippen molar-refractivity contribution in [2.45, 2.75) is 30.1 Å². The summed E-state index contributed by atoms with van der Waals surface area (Å²) in [4.78, 5) is 13.0. The van der Waals surface area contributed by atoms with Crippen LogP contribution in [-0.4, -0.2) is 63.4 Å². The van der Waals surface area contributed by atoms with E-state index in [0.29, 0.717) is 18.7 Å². The van der Waals surface area contributed by atoms with Crippen LogP contribution in [0.25, 0.3) is 0 Å². The lowest BCUT2D eigenvalue weighted by Gasteiger charge is -2.30. The minimum atomic E-state index is -3.87. The summed E-state index contributed by atoms with van der Waals surface area (Å²) in [5.74, 6) is 0.258. The number of ether oxygens (including phenoxy) is 3. The Morgan fingerprint density at radius 3 is 2.56 bits per heavy atom. The van der Waals surface area contributed by atoms with Gasteiger partial charge >= 0.3 is 0 Å². The van der Waals surface area contributed by atoms with Gasteiger partial charge in [-0.1, -0.05) is 30.3 Å². The van der Waals surface area contributed by atoms with E-state index in [1.54, 1.807) is 29.5 Å². The van der Waals surface area contributed by atoms with E-state index < -0.39 is 16.3 Å². The second kappa shape index (κ2) is 13.7. The third-order valence-corrected chi connectivity index (χ3v) is 8.85. The second-order valence-electron chi connectivity index (χ2n) is 8.82. The van der Waals surface area contributed by atoms with Crippen molar-refractivity contribution in [1.82, 2.24) is 9.62 Å². The van der Waals surface area contributed by atoms with E-state index in [0.717, 1.165) is 15.4 Å². The van der Waals surface area contributed by atoms with E-state index in [4.69, 9.17) is 14.2 Å². The molecular weight excluding hydrogens is 540 g/mol. The van der Waals surface area contributed by atoms with Crippen LogP contribution in [0.5, 0.6) is 5.75 Å². The van der Waals surface area contributed by atoms with Crippen molar-refractivity contribution < 1.29 is 32.5 Å². The van der Waals surface area contributed by atoms with E-state index in [-0.39, 0.29) is 48.8 Å². The molecule has 0 aliphatic carbocycles. The van der Waals surface area contributed by atoms with Crippen molar-refractivity contribution in [1.29, 1.82) is 0 Å². The molecule has 39 heavy (non-hydrogen) atoms. The summed E-state index contributed by atoms with van der Waals surface area (Å²) in [6.07, 6.45) is 1.52. The summed E-state index contributed by atoms with van der Waals surface area (Å²) in [7, 11) is -2.37. The summed E-state index contributed by atoms with van der Waals surface area (Å²) in [5.41, 5.74) is 2.01. The highest BCUT2D eigenvalue weighted by molar-refractivity contribution is 7.89. The molecule has 0 bridgehead atoms. The van der Waals surface area contributed by atoms with Gasteiger partial charge in [-0.2, -0.15) is 15.6 Å². The number of thiophene rings is 1. The summed E-state index contributed by atoms with van der Waals surface area (Å²) >= 11 is 1.57. The molecule has 0 fully saturated rings. The molecule has 0 spiro atoms. The molecule has 2 heterocycles. The first-order valence-corrected chi connectivity index (χ1v) is 14.9. The lowest BCUT2D eigenvalue weighted by atomic mass is 9.95. The van der Waals surface area contributed by atoms with Gasteiger partial charge < -0.3 is 24.6 Å². The van der Waals surface area contributed by atoms with Gasteiger partial charge in [-0.15, -0.1) is 0 Å². The van der Waals surface area contributed by atoms with E-state index >= 15 is 0 Å². The lowest BCUT2D eigenvalue weighted by Crippen LogP contribution is -2.38. The molecule has 3 aromatic rings. The maximum Gasteiger partial charge on any atom is 0.286 e. The average molecular weight is 573 g/mol. The van der Waals surface area contributed by atoms with Crippen LogP contribution in [0.15, 0.2) is 88.2 Å². The van der Waals surface area contributed by atoms with Crippen molar-refractivity contribution >= 4 is 27.3 Å². The van der Waals surface area contributed by atoms with Crippen molar-refractivity contribution in [3.05, 3.63) is 94.4 Å². The first kappa shape index (κ1) is 28.8. The van der Waals surface area contributed by atoms with Gasteiger partial charge in [0.25, 0.3) is 5.91 Å². The van der Waals surface area contributed by atoms with E-state index in [1.807, 2.05) is 47.2 Å². The Morgan fingerprint density at radius 1 is 1.13 bits per heavy atom. The maximum atomic E-state index is 13.2. The Hall–Kier alpha value is -3.22. The number of amides is 1. The molecule has 9 nitrogen and oxygen atoms in total. The van der Waals surface area contributed by atoms with Gasteiger partial charge in [-0.05, 0) is 58.3 Å². The largest absolute Gasteiger partial charge is 0.497 e. The van der Waals surface area contributed by atoms with Crippen molar-refractivity contribution in [2.24, 2.45) is 0 Å². The molecule has 208 valence electrons. The number of rotatable bonds is 13. The number of carbonyl (C=O) groups is 1. The zero-order chi connectivity index (χ0) is 27.7. The predicted molar refractivity (Wildman–Crippen MR) is 148 cm³/mol. The molecule has 2 aromatic carbocycles. The third kappa shape index (κ3) is 7.68.